The maximum Gasteiger partial charge on any atom is 0.416 e. The number of aryl methyl sites for hydroxylation is 1. The molecule has 0 heterocycles. The zero-order chi connectivity index (χ0) is 34.0. The number of aliphatic hydroxyl groups excluding tert-OH is 1. The molecule has 0 atom stereocenters. The summed E-state index contributed by atoms with van der Waals surface area (Å²) < 4.78 is 88.4. The number of halogens is 6. The minimum absolute atomic E-state index is 0.0190. The van der Waals surface area contributed by atoms with Gasteiger partial charge in [-0.1, -0.05) is 80.3 Å². The number of ether oxygens (including phenoxy) is 1. The van der Waals surface area contributed by atoms with Crippen LogP contribution in [0.2, 0.25) is 0 Å². The molecule has 0 spiro atoms. The summed E-state index contributed by atoms with van der Waals surface area (Å²) >= 11 is 0. The van der Waals surface area contributed by atoms with E-state index < -0.39 is 36.0 Å². The van der Waals surface area contributed by atoms with Crippen LogP contribution in [0.3, 0.4) is 0 Å². The molecule has 0 saturated carbocycles. The molecular formula is C37H37F6NO3. The second kappa shape index (κ2) is 16.0. The van der Waals surface area contributed by atoms with Gasteiger partial charge in [0.1, 0.15) is 12.4 Å². The molecule has 47 heavy (non-hydrogen) atoms. The molecule has 0 aliphatic rings. The highest BCUT2D eigenvalue weighted by Crippen LogP contribution is 2.46. The minimum Gasteiger partial charge on any atom is -0.490 e. The molecule has 0 aliphatic heterocycles. The number of carbonyl (C=O) groups is 1. The maximum absolute atomic E-state index is 13.8. The molecule has 4 aromatic carbocycles. The van der Waals surface area contributed by atoms with Crippen molar-refractivity contribution < 1.29 is 41.0 Å². The Morgan fingerprint density at radius 2 is 1.23 bits per heavy atom. The van der Waals surface area contributed by atoms with Crippen LogP contribution in [0.1, 0.15) is 71.1 Å². The predicted molar refractivity (Wildman–Crippen MR) is 170 cm³/mol. The Morgan fingerprint density at radius 1 is 0.681 bits per heavy atom. The van der Waals surface area contributed by atoms with Crippen LogP contribution >= 0.6 is 0 Å². The van der Waals surface area contributed by atoms with Gasteiger partial charge in [-0.25, -0.2) is 0 Å². The van der Waals surface area contributed by atoms with Gasteiger partial charge < -0.3 is 15.6 Å². The van der Waals surface area contributed by atoms with Crippen molar-refractivity contribution >= 4 is 5.91 Å². The second-order valence-electron chi connectivity index (χ2n) is 11.4. The summed E-state index contributed by atoms with van der Waals surface area (Å²) in [6, 6.07) is 20.3. The highest BCUT2D eigenvalue weighted by atomic mass is 19.4. The van der Waals surface area contributed by atoms with E-state index in [1.54, 1.807) is 0 Å². The first-order chi connectivity index (χ1) is 22.4. The van der Waals surface area contributed by atoms with Gasteiger partial charge in [-0.15, -0.1) is 0 Å². The van der Waals surface area contributed by atoms with Gasteiger partial charge >= 0.3 is 12.4 Å². The van der Waals surface area contributed by atoms with Crippen LogP contribution in [0.5, 0.6) is 5.75 Å². The Labute approximate surface area is 270 Å². The number of amides is 1. The van der Waals surface area contributed by atoms with Crippen molar-refractivity contribution in [3.05, 3.63) is 113 Å². The van der Waals surface area contributed by atoms with Gasteiger partial charge in [-0.2, -0.15) is 26.3 Å². The summed E-state index contributed by atoms with van der Waals surface area (Å²) in [6.45, 7) is -0.766. The third-order valence-corrected chi connectivity index (χ3v) is 7.95. The summed E-state index contributed by atoms with van der Waals surface area (Å²) in [5.41, 5.74) is 5.72. The molecule has 0 aliphatic carbocycles. The van der Waals surface area contributed by atoms with Gasteiger partial charge in [-0.3, -0.25) is 4.79 Å². The molecule has 4 aromatic rings. The number of aliphatic hydroxyl groups is 1. The molecule has 0 fully saturated rings. The van der Waals surface area contributed by atoms with Crippen molar-refractivity contribution in [3.63, 3.8) is 0 Å². The lowest BCUT2D eigenvalue weighted by atomic mass is 9.85. The topological polar surface area (TPSA) is 72.6 Å². The second-order valence-corrected chi connectivity index (χ2v) is 11.4. The van der Waals surface area contributed by atoms with Crippen molar-refractivity contribution in [2.45, 2.75) is 63.7 Å². The average Bonchev–Trinajstić information content (AvgIpc) is 3.04. The molecule has 0 saturated heterocycles. The SMILES string of the molecule is NC(=O)c1cc(-c2cccc(C(F)(F)F)c2)c(OCCO)c(-c2cccc(C(F)(F)F)c2)c1CCCCCCCCc1ccccc1. The monoisotopic (exact) mass is 657 g/mol. The average molecular weight is 658 g/mol. The molecule has 250 valence electrons. The quantitative estimate of drug-likeness (QED) is 0.0988. The number of nitrogens with two attached hydrogens (primary N) is 1. The third-order valence-electron chi connectivity index (χ3n) is 7.95. The zero-order valence-corrected chi connectivity index (χ0v) is 25.8. The largest absolute Gasteiger partial charge is 0.490 e. The van der Waals surface area contributed by atoms with Gasteiger partial charge in [0.2, 0.25) is 5.91 Å². The number of alkyl halides is 6. The first-order valence-electron chi connectivity index (χ1n) is 15.5. The van der Waals surface area contributed by atoms with Crippen LogP contribution < -0.4 is 10.5 Å². The Hall–Kier alpha value is -4.31. The van der Waals surface area contributed by atoms with Crippen molar-refractivity contribution in [1.82, 2.24) is 0 Å². The molecule has 4 rings (SSSR count). The number of unbranched alkanes of at least 4 members (excludes halogenated alkanes) is 5. The number of hydrogen-bond acceptors (Lipinski definition) is 3. The molecule has 10 heteroatoms. The van der Waals surface area contributed by atoms with Crippen LogP contribution in [0, 0.1) is 0 Å². The first-order valence-corrected chi connectivity index (χ1v) is 15.5. The summed E-state index contributed by atoms with van der Waals surface area (Å²) in [5, 5.41) is 9.59. The molecule has 0 radical (unpaired) electrons. The molecule has 0 aromatic heterocycles. The van der Waals surface area contributed by atoms with E-state index in [0.717, 1.165) is 62.8 Å². The fraction of sp³-hybridized carbons (Fsp3) is 0.324. The van der Waals surface area contributed by atoms with Crippen LogP contribution in [0.15, 0.2) is 84.9 Å². The number of hydrogen-bond donors (Lipinski definition) is 2. The fourth-order valence-corrected chi connectivity index (χ4v) is 5.70. The van der Waals surface area contributed by atoms with E-state index in [0.29, 0.717) is 12.0 Å². The fourth-order valence-electron chi connectivity index (χ4n) is 5.70. The molecule has 3 N–H and O–H groups in total. The minimum atomic E-state index is -4.69. The Bertz CT molecular complexity index is 1630. The molecular weight excluding hydrogens is 620 g/mol. The van der Waals surface area contributed by atoms with E-state index in [1.807, 2.05) is 18.2 Å². The van der Waals surface area contributed by atoms with E-state index >= 15 is 0 Å². The third kappa shape index (κ3) is 9.60. The highest BCUT2D eigenvalue weighted by Gasteiger charge is 2.33. The van der Waals surface area contributed by atoms with Crippen molar-refractivity contribution in [3.8, 4) is 28.0 Å². The standard InChI is InChI=1S/C37H37F6NO3/c38-36(39,40)28-17-10-15-26(22-28)31-24-32(35(44)46)30(19-9-4-2-1-3-6-12-25-13-7-5-8-14-25)33(34(31)47-21-20-45)27-16-11-18-29(23-27)37(41,42)43/h5,7-8,10-11,13-18,22-24,45H,1-4,6,9,12,19-21H2,(H2,44,46). The summed E-state index contributed by atoms with van der Waals surface area (Å²) in [5.74, 6) is -0.922. The summed E-state index contributed by atoms with van der Waals surface area (Å²) in [4.78, 5) is 12.9. The molecule has 0 bridgehead atoms. The van der Waals surface area contributed by atoms with E-state index in [9.17, 15) is 36.2 Å². The Morgan fingerprint density at radius 3 is 1.81 bits per heavy atom. The van der Waals surface area contributed by atoms with Crippen LogP contribution in [-0.4, -0.2) is 24.2 Å². The molecule has 4 nitrogen and oxygen atoms in total. The Balaban J connectivity index is 1.73. The molecule has 0 unspecified atom stereocenters. The predicted octanol–water partition coefficient (Wildman–Crippen LogP) is 9.65. The number of benzene rings is 4. The van der Waals surface area contributed by atoms with E-state index in [4.69, 9.17) is 10.5 Å². The van der Waals surface area contributed by atoms with E-state index in [-0.39, 0.29) is 46.6 Å². The van der Waals surface area contributed by atoms with Crippen LogP contribution in [0.4, 0.5) is 26.3 Å². The van der Waals surface area contributed by atoms with Gasteiger partial charge in [0.25, 0.3) is 0 Å². The van der Waals surface area contributed by atoms with Crippen LogP contribution in [-0.2, 0) is 25.2 Å². The van der Waals surface area contributed by atoms with Gasteiger partial charge in [-0.05, 0) is 78.3 Å². The zero-order valence-electron chi connectivity index (χ0n) is 25.8. The summed E-state index contributed by atoms with van der Waals surface area (Å²) in [6.07, 6.45) is -2.83. The van der Waals surface area contributed by atoms with Crippen molar-refractivity contribution in [2.24, 2.45) is 5.73 Å². The van der Waals surface area contributed by atoms with E-state index in [1.165, 1.54) is 35.9 Å². The van der Waals surface area contributed by atoms with Gasteiger partial charge in [0, 0.05) is 16.7 Å². The smallest absolute Gasteiger partial charge is 0.416 e. The van der Waals surface area contributed by atoms with E-state index in [2.05, 4.69) is 12.1 Å². The normalized spacial score (nSPS) is 11.9. The van der Waals surface area contributed by atoms with Gasteiger partial charge in [0.15, 0.2) is 0 Å². The number of carbonyl (C=O) groups excluding carboxylic acids is 1. The summed E-state index contributed by atoms with van der Waals surface area (Å²) in [7, 11) is 0. The lowest BCUT2D eigenvalue weighted by Crippen LogP contribution is -2.17. The first kappa shape index (κ1) is 35.5. The van der Waals surface area contributed by atoms with Crippen molar-refractivity contribution in [2.75, 3.05) is 13.2 Å². The maximum atomic E-state index is 13.8. The van der Waals surface area contributed by atoms with Crippen molar-refractivity contribution in [1.29, 1.82) is 0 Å². The van der Waals surface area contributed by atoms with Gasteiger partial charge in [0.05, 0.1) is 17.7 Å². The highest BCUT2D eigenvalue weighted by molar-refractivity contribution is 6.00. The van der Waals surface area contributed by atoms with Crippen LogP contribution in [0.25, 0.3) is 22.3 Å². The number of primary amides is 1. The molecule has 1 amide bonds. The lowest BCUT2D eigenvalue weighted by molar-refractivity contribution is -0.138. The Kier molecular flexibility index (Phi) is 12.1. The number of rotatable bonds is 15. The lowest BCUT2D eigenvalue weighted by Gasteiger charge is -2.23.